The number of aliphatic carboxylic acids is 1. The molecule has 2 aromatic carbocycles. The van der Waals surface area contributed by atoms with Gasteiger partial charge in [-0.05, 0) is 17.7 Å². The van der Waals surface area contributed by atoms with Crippen LogP contribution in [0, 0.1) is 0 Å². The molecule has 1 saturated heterocycles. The number of carboxylic acids is 1. The second-order valence-corrected chi connectivity index (χ2v) is 6.23. The van der Waals surface area contributed by atoms with E-state index < -0.39 is 5.97 Å². The van der Waals surface area contributed by atoms with Crippen molar-refractivity contribution in [3.8, 4) is 5.75 Å². The summed E-state index contributed by atoms with van der Waals surface area (Å²) >= 11 is 0. The molecule has 128 valence electrons. The monoisotopic (exact) mass is 339 g/mol. The zero-order valence-electron chi connectivity index (χ0n) is 13.7. The van der Waals surface area contributed by atoms with E-state index in [-0.39, 0.29) is 18.4 Å². The van der Waals surface area contributed by atoms with Crippen molar-refractivity contribution in [3.63, 3.8) is 0 Å². The first-order valence-corrected chi connectivity index (χ1v) is 8.06. The van der Waals surface area contributed by atoms with Crippen LogP contribution in [0.2, 0.25) is 0 Å². The summed E-state index contributed by atoms with van der Waals surface area (Å²) in [5.74, 6) is -0.560. The highest BCUT2D eigenvalue weighted by Crippen LogP contribution is 2.41. The summed E-state index contributed by atoms with van der Waals surface area (Å²) in [5, 5.41) is 10.9. The number of para-hydroxylation sites is 1. The third-order valence-corrected chi connectivity index (χ3v) is 4.72. The first kappa shape index (κ1) is 15.5. The van der Waals surface area contributed by atoms with Gasteiger partial charge in [0.25, 0.3) is 0 Å². The van der Waals surface area contributed by atoms with Crippen LogP contribution in [0.5, 0.6) is 5.75 Å². The summed E-state index contributed by atoms with van der Waals surface area (Å²) in [6.45, 7) is 0.132. The number of fused-ring (bicyclic) bond motifs is 3. The Hall–Kier alpha value is -3.02. The number of rotatable bonds is 4. The number of furan rings is 1. The van der Waals surface area contributed by atoms with Crippen molar-refractivity contribution in [1.29, 1.82) is 0 Å². The van der Waals surface area contributed by atoms with Crippen LogP contribution in [0.1, 0.15) is 17.9 Å². The van der Waals surface area contributed by atoms with Crippen molar-refractivity contribution < 1.29 is 23.8 Å². The molecule has 6 heteroatoms. The van der Waals surface area contributed by atoms with Gasteiger partial charge in [0.1, 0.15) is 12.1 Å². The van der Waals surface area contributed by atoms with Crippen molar-refractivity contribution in [3.05, 3.63) is 42.0 Å². The lowest BCUT2D eigenvalue weighted by atomic mass is 9.93. The molecule has 0 bridgehead atoms. The molecular formula is C19H17NO5. The lowest BCUT2D eigenvalue weighted by Gasteiger charge is -2.15. The lowest BCUT2D eigenvalue weighted by molar-refractivity contribution is -0.142. The number of likely N-dealkylation sites (tertiary alicyclic amines) is 1. The van der Waals surface area contributed by atoms with E-state index in [1.165, 1.54) is 4.90 Å². The number of hydrogen-bond acceptors (Lipinski definition) is 4. The van der Waals surface area contributed by atoms with E-state index >= 15 is 0 Å². The van der Waals surface area contributed by atoms with Gasteiger partial charge in [0, 0.05) is 29.7 Å². The van der Waals surface area contributed by atoms with Crippen LogP contribution < -0.4 is 4.74 Å². The van der Waals surface area contributed by atoms with Crippen LogP contribution in [-0.2, 0) is 9.59 Å². The number of carbonyl (C=O) groups is 2. The van der Waals surface area contributed by atoms with E-state index in [0.29, 0.717) is 24.3 Å². The maximum absolute atomic E-state index is 12.2. The third kappa shape index (κ3) is 2.50. The fraction of sp³-hybridized carbons (Fsp3) is 0.263. The molecule has 3 aromatic rings. The molecule has 1 aliphatic rings. The van der Waals surface area contributed by atoms with Crippen molar-refractivity contribution in [2.24, 2.45) is 0 Å². The van der Waals surface area contributed by atoms with Crippen molar-refractivity contribution in [2.75, 3.05) is 20.2 Å². The number of carboxylic acid groups (broad SMARTS) is 1. The van der Waals surface area contributed by atoms with E-state index in [9.17, 15) is 9.59 Å². The van der Waals surface area contributed by atoms with Gasteiger partial charge in [-0.25, -0.2) is 0 Å². The molecule has 25 heavy (non-hydrogen) atoms. The van der Waals surface area contributed by atoms with Gasteiger partial charge in [-0.15, -0.1) is 0 Å². The maximum Gasteiger partial charge on any atom is 0.323 e. The molecule has 0 aliphatic carbocycles. The van der Waals surface area contributed by atoms with Crippen LogP contribution in [-0.4, -0.2) is 42.1 Å². The smallest absolute Gasteiger partial charge is 0.323 e. The summed E-state index contributed by atoms with van der Waals surface area (Å²) in [4.78, 5) is 24.5. The van der Waals surface area contributed by atoms with Gasteiger partial charge in [-0.3, -0.25) is 9.59 Å². The molecule has 1 aromatic heterocycles. The minimum Gasteiger partial charge on any atom is -0.493 e. The predicted molar refractivity (Wildman–Crippen MR) is 91.8 cm³/mol. The third-order valence-electron chi connectivity index (χ3n) is 4.72. The Labute approximate surface area is 143 Å². The van der Waals surface area contributed by atoms with Gasteiger partial charge in [0.05, 0.1) is 7.11 Å². The highest BCUT2D eigenvalue weighted by molar-refractivity contribution is 6.09. The highest BCUT2D eigenvalue weighted by atomic mass is 16.5. The second kappa shape index (κ2) is 5.81. The fourth-order valence-electron chi connectivity index (χ4n) is 3.63. The summed E-state index contributed by atoms with van der Waals surface area (Å²) in [7, 11) is 1.59. The average molecular weight is 339 g/mol. The van der Waals surface area contributed by atoms with Crippen LogP contribution >= 0.6 is 0 Å². The largest absolute Gasteiger partial charge is 0.493 e. The normalized spacial score (nSPS) is 17.6. The Bertz CT molecular complexity index is 990. The van der Waals surface area contributed by atoms with Gasteiger partial charge in [-0.2, -0.15) is 0 Å². The predicted octanol–water partition coefficient (Wildman–Crippen LogP) is 3.00. The molecule has 0 saturated carbocycles. The summed E-state index contributed by atoms with van der Waals surface area (Å²) in [6.07, 6.45) is 0.300. The van der Waals surface area contributed by atoms with Gasteiger partial charge in [-0.1, -0.05) is 24.3 Å². The standard InChI is InChI=1S/C19H17NO5/c1-24-15-7-6-12(11-8-16(21)20(9-11)10-17(22)23)18-13-4-2-3-5-14(13)25-19(15)18/h2-7,11H,8-10H2,1H3,(H,22,23). The topological polar surface area (TPSA) is 80.0 Å². The minimum atomic E-state index is -0.998. The molecule has 2 heterocycles. The summed E-state index contributed by atoms with van der Waals surface area (Å²) < 4.78 is 11.4. The van der Waals surface area contributed by atoms with E-state index in [1.54, 1.807) is 7.11 Å². The Morgan fingerprint density at radius 3 is 2.88 bits per heavy atom. The van der Waals surface area contributed by atoms with Crippen LogP contribution in [0.3, 0.4) is 0 Å². The van der Waals surface area contributed by atoms with Crippen molar-refractivity contribution in [2.45, 2.75) is 12.3 Å². The molecule has 0 radical (unpaired) electrons. The Morgan fingerprint density at radius 1 is 1.32 bits per heavy atom. The Balaban J connectivity index is 1.85. The minimum absolute atomic E-state index is 0.0683. The molecule has 4 rings (SSSR count). The SMILES string of the molecule is COc1ccc(C2CC(=O)N(CC(=O)O)C2)c2c1oc1ccccc12. The van der Waals surface area contributed by atoms with Gasteiger partial charge >= 0.3 is 5.97 Å². The van der Waals surface area contributed by atoms with Crippen molar-refractivity contribution in [1.82, 2.24) is 4.90 Å². The number of hydrogen-bond donors (Lipinski definition) is 1. The number of amides is 1. The molecule has 1 amide bonds. The van der Waals surface area contributed by atoms with Gasteiger partial charge in [0.15, 0.2) is 11.3 Å². The zero-order valence-corrected chi connectivity index (χ0v) is 13.7. The number of ether oxygens (including phenoxy) is 1. The van der Waals surface area contributed by atoms with Gasteiger partial charge < -0.3 is 19.2 Å². The van der Waals surface area contributed by atoms with E-state index in [2.05, 4.69) is 0 Å². The van der Waals surface area contributed by atoms with E-state index in [4.69, 9.17) is 14.3 Å². The highest BCUT2D eigenvalue weighted by Gasteiger charge is 2.33. The van der Waals surface area contributed by atoms with Crippen LogP contribution in [0.15, 0.2) is 40.8 Å². The molecule has 1 unspecified atom stereocenters. The molecule has 1 fully saturated rings. The molecule has 1 N–H and O–H groups in total. The lowest BCUT2D eigenvalue weighted by Crippen LogP contribution is -2.30. The first-order chi connectivity index (χ1) is 12.1. The number of benzene rings is 2. The maximum atomic E-state index is 12.2. The molecule has 0 spiro atoms. The van der Waals surface area contributed by atoms with E-state index in [1.807, 2.05) is 36.4 Å². The number of carbonyl (C=O) groups excluding carboxylic acids is 1. The summed E-state index contributed by atoms with van der Waals surface area (Å²) in [6, 6.07) is 11.5. The summed E-state index contributed by atoms with van der Waals surface area (Å²) in [5.41, 5.74) is 2.40. The molecule has 1 atom stereocenters. The Kier molecular flexibility index (Phi) is 3.60. The zero-order chi connectivity index (χ0) is 17.6. The molecule has 1 aliphatic heterocycles. The molecule has 6 nitrogen and oxygen atoms in total. The first-order valence-electron chi connectivity index (χ1n) is 8.06. The number of nitrogens with zero attached hydrogens (tertiary/aromatic N) is 1. The fourth-order valence-corrected chi connectivity index (χ4v) is 3.63. The average Bonchev–Trinajstić information content (AvgIpc) is 3.15. The van der Waals surface area contributed by atoms with Gasteiger partial charge in [0.2, 0.25) is 5.91 Å². The van der Waals surface area contributed by atoms with Crippen LogP contribution in [0.25, 0.3) is 21.9 Å². The Morgan fingerprint density at radius 2 is 2.12 bits per heavy atom. The van der Waals surface area contributed by atoms with Crippen LogP contribution in [0.4, 0.5) is 0 Å². The quantitative estimate of drug-likeness (QED) is 0.790. The van der Waals surface area contributed by atoms with Crippen molar-refractivity contribution >= 4 is 33.8 Å². The second-order valence-electron chi connectivity index (χ2n) is 6.23. The van der Waals surface area contributed by atoms with E-state index in [0.717, 1.165) is 21.9 Å². The number of methoxy groups -OCH3 is 1. The molecular weight excluding hydrogens is 322 g/mol.